The Balaban J connectivity index is 1.95. The molecule has 1 atom stereocenters. The van der Waals surface area contributed by atoms with E-state index >= 15 is 0 Å². The number of aliphatic hydroxyl groups is 1. The molecule has 8 heavy (non-hydrogen) atoms. The summed E-state index contributed by atoms with van der Waals surface area (Å²) < 4.78 is 0. The molecule has 0 spiro atoms. The van der Waals surface area contributed by atoms with Crippen LogP contribution in [0.15, 0.2) is 12.2 Å². The van der Waals surface area contributed by atoms with Crippen LogP contribution in [0.25, 0.3) is 0 Å². The van der Waals surface area contributed by atoms with E-state index in [1.807, 2.05) is 0 Å². The maximum absolute atomic E-state index is 8.41. The van der Waals surface area contributed by atoms with Crippen LogP contribution in [-0.2, 0) is 0 Å². The molecule has 0 aromatic heterocycles. The second kappa shape index (κ2) is 2.88. The monoisotopic (exact) mass is 112 g/mol. The molecule has 1 aliphatic rings. The lowest BCUT2D eigenvalue weighted by atomic mass is 9.91. The van der Waals surface area contributed by atoms with E-state index in [2.05, 4.69) is 12.2 Å². The minimum atomic E-state index is 0.352. The largest absolute Gasteiger partial charge is 0.396 e. The van der Waals surface area contributed by atoms with Gasteiger partial charge in [0.25, 0.3) is 0 Å². The highest BCUT2D eigenvalue weighted by Crippen LogP contribution is 2.21. The molecule has 0 aromatic carbocycles. The normalized spacial score (nSPS) is 25.4. The highest BCUT2D eigenvalue weighted by Gasteiger charge is 2.07. The molecule has 0 aliphatic heterocycles. The third-order valence-electron chi connectivity index (χ3n) is 1.58. The summed E-state index contributed by atoms with van der Waals surface area (Å²) in [6.45, 7) is 0.352. The van der Waals surface area contributed by atoms with Crippen molar-refractivity contribution in [2.45, 2.75) is 19.3 Å². The molecule has 0 saturated carbocycles. The minimum absolute atomic E-state index is 0.352. The lowest BCUT2D eigenvalue weighted by molar-refractivity contribution is 0.275. The molecule has 0 bridgehead atoms. The summed E-state index contributed by atoms with van der Waals surface area (Å²) in [5.74, 6) is 0.794. The second-order valence-corrected chi connectivity index (χ2v) is 2.29. The number of hydrogen-bond acceptors (Lipinski definition) is 1. The Kier molecular flexibility index (Phi) is 2.10. The van der Waals surface area contributed by atoms with Gasteiger partial charge in [0.2, 0.25) is 0 Å². The van der Waals surface area contributed by atoms with Crippen molar-refractivity contribution >= 4 is 0 Å². The molecule has 1 rings (SSSR count). The van der Waals surface area contributed by atoms with Crippen molar-refractivity contribution in [3.63, 3.8) is 0 Å². The average molecular weight is 112 g/mol. The standard InChI is InChI=1S/C7H12O/c8-6-2-5-7-3-1-4-7/h1,3,7-8H,2,4-6H2. The van der Waals surface area contributed by atoms with Gasteiger partial charge in [-0.2, -0.15) is 0 Å². The van der Waals surface area contributed by atoms with Gasteiger partial charge < -0.3 is 5.11 Å². The van der Waals surface area contributed by atoms with Crippen molar-refractivity contribution in [3.8, 4) is 0 Å². The first kappa shape index (κ1) is 5.83. The predicted molar refractivity (Wildman–Crippen MR) is 33.6 cm³/mol. The Morgan fingerprint density at radius 2 is 2.38 bits per heavy atom. The fourth-order valence-electron chi connectivity index (χ4n) is 0.896. The fourth-order valence-corrected chi connectivity index (χ4v) is 0.896. The third kappa shape index (κ3) is 1.34. The first-order valence-electron chi connectivity index (χ1n) is 3.21. The highest BCUT2D eigenvalue weighted by atomic mass is 16.2. The summed E-state index contributed by atoms with van der Waals surface area (Å²) in [5, 5.41) is 8.41. The molecule has 1 heteroatoms. The van der Waals surface area contributed by atoms with Gasteiger partial charge in [0.15, 0.2) is 0 Å². The predicted octanol–water partition coefficient (Wildman–Crippen LogP) is 1.33. The van der Waals surface area contributed by atoms with Crippen LogP contribution in [0.4, 0.5) is 0 Å². The van der Waals surface area contributed by atoms with E-state index in [0.29, 0.717) is 6.61 Å². The zero-order valence-electron chi connectivity index (χ0n) is 5.01. The first-order valence-corrected chi connectivity index (χ1v) is 3.21. The molecule has 1 N–H and O–H groups in total. The van der Waals surface area contributed by atoms with Crippen LogP contribution in [0.1, 0.15) is 19.3 Å². The summed E-state index contributed by atoms with van der Waals surface area (Å²) in [7, 11) is 0. The molecule has 1 unspecified atom stereocenters. The lowest BCUT2D eigenvalue weighted by Crippen LogP contribution is -2.03. The van der Waals surface area contributed by atoms with Crippen molar-refractivity contribution < 1.29 is 5.11 Å². The van der Waals surface area contributed by atoms with Crippen LogP contribution in [0, 0.1) is 5.92 Å². The number of aliphatic hydroxyl groups excluding tert-OH is 1. The summed E-state index contributed by atoms with van der Waals surface area (Å²) >= 11 is 0. The summed E-state index contributed by atoms with van der Waals surface area (Å²) in [5.41, 5.74) is 0. The molecular formula is C7H12O. The molecule has 0 aromatic rings. The third-order valence-corrected chi connectivity index (χ3v) is 1.58. The van der Waals surface area contributed by atoms with Gasteiger partial charge in [0, 0.05) is 6.61 Å². The second-order valence-electron chi connectivity index (χ2n) is 2.29. The fraction of sp³-hybridized carbons (Fsp3) is 0.714. The molecule has 0 amide bonds. The Hall–Kier alpha value is -0.300. The SMILES string of the molecule is OCCCC1C=CC1. The zero-order chi connectivity index (χ0) is 5.82. The number of hydrogen-bond donors (Lipinski definition) is 1. The van der Waals surface area contributed by atoms with E-state index in [1.165, 1.54) is 12.8 Å². The highest BCUT2D eigenvalue weighted by molar-refractivity contribution is 5.01. The Morgan fingerprint density at radius 1 is 1.62 bits per heavy atom. The van der Waals surface area contributed by atoms with Gasteiger partial charge in [0.05, 0.1) is 0 Å². The molecule has 0 heterocycles. The van der Waals surface area contributed by atoms with Gasteiger partial charge in [-0.05, 0) is 25.2 Å². The van der Waals surface area contributed by atoms with E-state index in [0.717, 1.165) is 12.3 Å². The smallest absolute Gasteiger partial charge is 0.0431 e. The van der Waals surface area contributed by atoms with E-state index < -0.39 is 0 Å². The molecule has 1 nitrogen and oxygen atoms in total. The van der Waals surface area contributed by atoms with Crippen LogP contribution >= 0.6 is 0 Å². The van der Waals surface area contributed by atoms with E-state index in [1.54, 1.807) is 0 Å². The Labute approximate surface area is 50.0 Å². The number of allylic oxidation sites excluding steroid dienone is 2. The van der Waals surface area contributed by atoms with Gasteiger partial charge in [-0.15, -0.1) is 0 Å². The van der Waals surface area contributed by atoms with Crippen molar-refractivity contribution in [1.82, 2.24) is 0 Å². The molecule has 1 aliphatic carbocycles. The number of rotatable bonds is 3. The summed E-state index contributed by atoms with van der Waals surface area (Å²) in [6.07, 6.45) is 7.78. The van der Waals surface area contributed by atoms with Crippen molar-refractivity contribution in [2.24, 2.45) is 5.92 Å². The Bertz CT molecular complexity index is 86.4. The van der Waals surface area contributed by atoms with Crippen LogP contribution in [0.2, 0.25) is 0 Å². The lowest BCUT2D eigenvalue weighted by Gasteiger charge is -2.15. The van der Waals surface area contributed by atoms with Crippen LogP contribution < -0.4 is 0 Å². The minimum Gasteiger partial charge on any atom is -0.396 e. The van der Waals surface area contributed by atoms with Crippen molar-refractivity contribution in [3.05, 3.63) is 12.2 Å². The summed E-state index contributed by atoms with van der Waals surface area (Å²) in [6, 6.07) is 0. The van der Waals surface area contributed by atoms with Crippen molar-refractivity contribution in [1.29, 1.82) is 0 Å². The van der Waals surface area contributed by atoms with Gasteiger partial charge in [-0.25, -0.2) is 0 Å². The maximum atomic E-state index is 8.41. The van der Waals surface area contributed by atoms with Gasteiger partial charge in [-0.1, -0.05) is 12.2 Å². The van der Waals surface area contributed by atoms with Gasteiger partial charge in [-0.3, -0.25) is 0 Å². The van der Waals surface area contributed by atoms with Gasteiger partial charge >= 0.3 is 0 Å². The van der Waals surface area contributed by atoms with E-state index in [-0.39, 0.29) is 0 Å². The molecular weight excluding hydrogens is 100 g/mol. The molecule has 0 fully saturated rings. The van der Waals surface area contributed by atoms with E-state index in [4.69, 9.17) is 5.11 Å². The van der Waals surface area contributed by atoms with Crippen molar-refractivity contribution in [2.75, 3.05) is 6.61 Å². The quantitative estimate of drug-likeness (QED) is 0.546. The zero-order valence-corrected chi connectivity index (χ0v) is 5.01. The molecule has 0 saturated heterocycles. The Morgan fingerprint density at radius 3 is 2.75 bits per heavy atom. The molecule has 46 valence electrons. The van der Waals surface area contributed by atoms with Crippen LogP contribution in [0.5, 0.6) is 0 Å². The van der Waals surface area contributed by atoms with Crippen LogP contribution in [-0.4, -0.2) is 11.7 Å². The van der Waals surface area contributed by atoms with Crippen LogP contribution in [0.3, 0.4) is 0 Å². The van der Waals surface area contributed by atoms with Gasteiger partial charge in [0.1, 0.15) is 0 Å². The average Bonchev–Trinajstić information content (AvgIpc) is 1.63. The maximum Gasteiger partial charge on any atom is 0.0431 e. The first-order chi connectivity index (χ1) is 3.93. The molecule has 0 radical (unpaired) electrons. The topological polar surface area (TPSA) is 20.2 Å². The summed E-state index contributed by atoms with van der Waals surface area (Å²) in [4.78, 5) is 0. The van der Waals surface area contributed by atoms with E-state index in [9.17, 15) is 0 Å².